The molecule has 3 heterocycles. The summed E-state index contributed by atoms with van der Waals surface area (Å²) >= 11 is 1.71. The Labute approximate surface area is 181 Å². The Bertz CT molecular complexity index is 945. The van der Waals surface area contributed by atoms with E-state index in [1.165, 1.54) is 4.70 Å². The van der Waals surface area contributed by atoms with E-state index in [-0.39, 0.29) is 18.1 Å². The maximum Gasteiger partial charge on any atom is 0.220 e. The molecular formula is C23H28N4O2S. The monoisotopic (exact) mass is 424 g/mol. The third-order valence-electron chi connectivity index (χ3n) is 5.18. The van der Waals surface area contributed by atoms with Crippen molar-refractivity contribution in [3.05, 3.63) is 53.2 Å². The fourth-order valence-corrected chi connectivity index (χ4v) is 4.80. The molecular weight excluding hydrogens is 396 g/mol. The van der Waals surface area contributed by atoms with Crippen LogP contribution in [0.15, 0.2) is 42.6 Å². The zero-order chi connectivity index (χ0) is 20.9. The van der Waals surface area contributed by atoms with Gasteiger partial charge in [0.05, 0.1) is 27.4 Å². The number of carbonyl (C=O) groups excluding carboxylic acids is 1. The molecule has 2 unspecified atom stereocenters. The van der Waals surface area contributed by atoms with E-state index in [4.69, 9.17) is 4.74 Å². The molecule has 7 heteroatoms. The van der Waals surface area contributed by atoms with Crippen molar-refractivity contribution in [3.63, 3.8) is 0 Å². The second-order valence-electron chi connectivity index (χ2n) is 7.89. The number of pyridine rings is 1. The number of ether oxygens (including phenoxy) is 1. The number of benzene rings is 1. The Morgan fingerprint density at radius 2 is 2.00 bits per heavy atom. The van der Waals surface area contributed by atoms with Gasteiger partial charge >= 0.3 is 0 Å². The third-order valence-corrected chi connectivity index (χ3v) is 6.27. The van der Waals surface area contributed by atoms with Gasteiger partial charge in [-0.15, -0.1) is 11.3 Å². The lowest BCUT2D eigenvalue weighted by molar-refractivity contribution is -0.121. The molecule has 0 saturated carbocycles. The minimum absolute atomic E-state index is 0.0658. The molecule has 1 N–H and O–H groups in total. The summed E-state index contributed by atoms with van der Waals surface area (Å²) in [4.78, 5) is 23.7. The molecule has 158 valence electrons. The van der Waals surface area contributed by atoms with E-state index < -0.39 is 0 Å². The number of hydrogen-bond donors (Lipinski definition) is 1. The number of carbonyl (C=O) groups is 1. The predicted octanol–water partition coefficient (Wildman–Crippen LogP) is 3.94. The van der Waals surface area contributed by atoms with Crippen LogP contribution < -0.4 is 10.2 Å². The highest BCUT2D eigenvalue weighted by Crippen LogP contribution is 2.23. The number of anilines is 1. The molecule has 0 radical (unpaired) electrons. The Morgan fingerprint density at radius 3 is 2.73 bits per heavy atom. The first-order valence-corrected chi connectivity index (χ1v) is 11.3. The molecule has 1 fully saturated rings. The zero-order valence-corrected chi connectivity index (χ0v) is 18.3. The fourth-order valence-electron chi connectivity index (χ4n) is 3.79. The number of nitrogens with zero attached hydrogens (tertiary/aromatic N) is 3. The number of fused-ring (bicyclic) bond motifs is 1. The van der Waals surface area contributed by atoms with Crippen molar-refractivity contribution in [2.75, 3.05) is 18.0 Å². The highest BCUT2D eigenvalue weighted by Gasteiger charge is 2.22. The third kappa shape index (κ3) is 5.34. The van der Waals surface area contributed by atoms with E-state index in [2.05, 4.69) is 40.1 Å². The number of thiazole rings is 1. The van der Waals surface area contributed by atoms with Crippen LogP contribution in [0.25, 0.3) is 10.2 Å². The maximum absolute atomic E-state index is 12.2. The summed E-state index contributed by atoms with van der Waals surface area (Å²) in [6.07, 6.45) is 4.40. The Kier molecular flexibility index (Phi) is 6.59. The van der Waals surface area contributed by atoms with Gasteiger partial charge in [0.15, 0.2) is 0 Å². The zero-order valence-electron chi connectivity index (χ0n) is 17.5. The highest BCUT2D eigenvalue weighted by atomic mass is 32.1. The van der Waals surface area contributed by atoms with Crippen LogP contribution in [-0.2, 0) is 22.5 Å². The molecule has 0 aliphatic carbocycles. The maximum atomic E-state index is 12.2. The molecule has 0 spiro atoms. The summed E-state index contributed by atoms with van der Waals surface area (Å²) in [6, 6.07) is 12.2. The van der Waals surface area contributed by atoms with Crippen LogP contribution in [0, 0.1) is 0 Å². The normalized spacial score (nSPS) is 19.2. The first-order valence-electron chi connectivity index (χ1n) is 10.5. The molecule has 3 aromatic rings. The Hall–Kier alpha value is -2.51. The smallest absolute Gasteiger partial charge is 0.220 e. The molecule has 0 bridgehead atoms. The van der Waals surface area contributed by atoms with Crippen molar-refractivity contribution in [1.82, 2.24) is 15.3 Å². The van der Waals surface area contributed by atoms with Gasteiger partial charge in [-0.1, -0.05) is 18.2 Å². The number of hydrogen-bond acceptors (Lipinski definition) is 6. The number of amides is 1. The average Bonchev–Trinajstić information content (AvgIpc) is 3.15. The van der Waals surface area contributed by atoms with Crippen molar-refractivity contribution in [2.45, 2.75) is 51.9 Å². The quantitative estimate of drug-likeness (QED) is 0.622. The van der Waals surface area contributed by atoms with E-state index in [0.717, 1.165) is 47.8 Å². The van der Waals surface area contributed by atoms with Gasteiger partial charge in [-0.3, -0.25) is 4.79 Å². The number of aromatic nitrogens is 2. The molecule has 1 aromatic carbocycles. The van der Waals surface area contributed by atoms with Crippen LogP contribution >= 0.6 is 11.3 Å². The fraction of sp³-hybridized carbons (Fsp3) is 0.435. The van der Waals surface area contributed by atoms with E-state index in [0.29, 0.717) is 13.0 Å². The van der Waals surface area contributed by atoms with Gasteiger partial charge in [0, 0.05) is 32.3 Å². The molecule has 1 aliphatic heterocycles. The summed E-state index contributed by atoms with van der Waals surface area (Å²) in [6.45, 7) is 6.38. The summed E-state index contributed by atoms with van der Waals surface area (Å²) in [5, 5.41) is 4.09. The summed E-state index contributed by atoms with van der Waals surface area (Å²) < 4.78 is 6.98. The number of rotatable bonds is 7. The van der Waals surface area contributed by atoms with Crippen LogP contribution in [0.5, 0.6) is 0 Å². The van der Waals surface area contributed by atoms with Gasteiger partial charge in [0.25, 0.3) is 0 Å². The van der Waals surface area contributed by atoms with Crippen LogP contribution in [0.4, 0.5) is 5.82 Å². The van der Waals surface area contributed by atoms with Crippen LogP contribution in [0.1, 0.15) is 37.3 Å². The number of nitrogens with one attached hydrogen (secondary N) is 1. The molecule has 1 aliphatic rings. The molecule has 2 aromatic heterocycles. The Balaban J connectivity index is 1.21. The lowest BCUT2D eigenvalue weighted by Gasteiger charge is -2.36. The largest absolute Gasteiger partial charge is 0.372 e. The van der Waals surface area contributed by atoms with Gasteiger partial charge < -0.3 is 15.0 Å². The van der Waals surface area contributed by atoms with Crippen LogP contribution in [0.3, 0.4) is 0 Å². The second-order valence-corrected chi connectivity index (χ2v) is 9.01. The topological polar surface area (TPSA) is 67.4 Å². The van der Waals surface area contributed by atoms with Crippen molar-refractivity contribution < 1.29 is 9.53 Å². The van der Waals surface area contributed by atoms with Crippen molar-refractivity contribution >= 4 is 33.3 Å². The van der Waals surface area contributed by atoms with E-state index in [9.17, 15) is 4.79 Å². The molecule has 4 rings (SSSR count). The number of aryl methyl sites for hydroxylation is 1. The van der Waals surface area contributed by atoms with Crippen molar-refractivity contribution in [2.24, 2.45) is 0 Å². The summed E-state index contributed by atoms with van der Waals surface area (Å²) in [5.74, 6) is 1.03. The number of morpholine rings is 1. The van der Waals surface area contributed by atoms with Gasteiger partial charge in [0.2, 0.25) is 5.91 Å². The first-order chi connectivity index (χ1) is 14.6. The van der Waals surface area contributed by atoms with Crippen molar-refractivity contribution in [3.8, 4) is 0 Å². The van der Waals surface area contributed by atoms with E-state index >= 15 is 0 Å². The average molecular weight is 425 g/mol. The lowest BCUT2D eigenvalue weighted by atomic mass is 10.2. The SMILES string of the molecule is CC1CN(c2ccc(CNC(=O)CCCc3nc4ccccc4s3)cn2)CC(C)O1. The number of para-hydroxylation sites is 1. The summed E-state index contributed by atoms with van der Waals surface area (Å²) in [5.41, 5.74) is 2.05. The first kappa shape index (κ1) is 20.8. The van der Waals surface area contributed by atoms with Gasteiger partial charge in [-0.05, 0) is 50.5 Å². The van der Waals surface area contributed by atoms with Crippen molar-refractivity contribution in [1.29, 1.82) is 0 Å². The van der Waals surface area contributed by atoms with Gasteiger partial charge in [-0.25, -0.2) is 9.97 Å². The van der Waals surface area contributed by atoms with Gasteiger partial charge in [-0.2, -0.15) is 0 Å². The lowest BCUT2D eigenvalue weighted by Crippen LogP contribution is -2.45. The standard InChI is InChI=1S/C23H28N4O2S/c1-16-14-27(15-17(2)29-16)21-11-10-18(12-24-21)13-25-22(28)8-5-9-23-26-19-6-3-4-7-20(19)30-23/h3-4,6-7,10-12,16-17H,5,8-9,13-15H2,1-2H3,(H,25,28). The highest BCUT2D eigenvalue weighted by molar-refractivity contribution is 7.18. The molecule has 2 atom stereocenters. The molecule has 1 saturated heterocycles. The minimum Gasteiger partial charge on any atom is -0.372 e. The molecule has 1 amide bonds. The Morgan fingerprint density at radius 1 is 1.20 bits per heavy atom. The van der Waals surface area contributed by atoms with Gasteiger partial charge in [0.1, 0.15) is 5.82 Å². The molecule has 30 heavy (non-hydrogen) atoms. The minimum atomic E-state index is 0.0658. The molecule has 6 nitrogen and oxygen atoms in total. The van der Waals surface area contributed by atoms with E-state index in [1.54, 1.807) is 11.3 Å². The van der Waals surface area contributed by atoms with Crippen LogP contribution in [-0.4, -0.2) is 41.2 Å². The van der Waals surface area contributed by atoms with E-state index in [1.807, 2.05) is 36.5 Å². The van der Waals surface area contributed by atoms with Crippen LogP contribution in [0.2, 0.25) is 0 Å². The summed E-state index contributed by atoms with van der Waals surface area (Å²) in [7, 11) is 0. The predicted molar refractivity (Wildman–Crippen MR) is 121 cm³/mol. The second kappa shape index (κ2) is 9.53.